The number of nitrogens with two attached hydrogens (primary N) is 1. The van der Waals surface area contributed by atoms with Crippen LogP contribution in [0.4, 0.5) is 0 Å². The Morgan fingerprint density at radius 2 is 1.74 bits per heavy atom. The predicted molar refractivity (Wildman–Crippen MR) is 72.9 cm³/mol. The van der Waals surface area contributed by atoms with Crippen molar-refractivity contribution in [2.45, 2.75) is 38.0 Å². The summed E-state index contributed by atoms with van der Waals surface area (Å²) in [6.45, 7) is 6.27. The Hall–Kier alpha value is -0.660. The van der Waals surface area contributed by atoms with Crippen LogP contribution in [0.25, 0.3) is 0 Å². The second-order valence-corrected chi connectivity index (χ2v) is 8.27. The van der Waals surface area contributed by atoms with Crippen LogP contribution >= 0.6 is 0 Å². The lowest BCUT2D eigenvalue weighted by Gasteiger charge is -2.47. The van der Waals surface area contributed by atoms with Gasteiger partial charge in [-0.3, -0.25) is 9.69 Å². The molecule has 6 nitrogen and oxygen atoms in total. The molecule has 0 bridgehead atoms. The van der Waals surface area contributed by atoms with E-state index in [4.69, 9.17) is 5.73 Å². The summed E-state index contributed by atoms with van der Waals surface area (Å²) in [4.78, 5) is 13.4. The van der Waals surface area contributed by atoms with Crippen molar-refractivity contribution in [3.05, 3.63) is 0 Å². The highest BCUT2D eigenvalue weighted by molar-refractivity contribution is 7.89. The van der Waals surface area contributed by atoms with Gasteiger partial charge in [0.05, 0.1) is 5.25 Å². The van der Waals surface area contributed by atoms with Crippen LogP contribution in [-0.2, 0) is 14.8 Å². The van der Waals surface area contributed by atoms with Gasteiger partial charge < -0.3 is 5.73 Å². The summed E-state index contributed by atoms with van der Waals surface area (Å²) in [6.07, 6.45) is 1.59. The number of hydrogen-bond donors (Lipinski definition) is 1. The van der Waals surface area contributed by atoms with Gasteiger partial charge in [0.15, 0.2) is 0 Å². The van der Waals surface area contributed by atoms with Gasteiger partial charge in [-0.1, -0.05) is 0 Å². The van der Waals surface area contributed by atoms with Gasteiger partial charge in [-0.2, -0.15) is 4.31 Å². The summed E-state index contributed by atoms with van der Waals surface area (Å²) < 4.78 is 25.4. The number of hydrogen-bond acceptors (Lipinski definition) is 4. The van der Waals surface area contributed by atoms with E-state index < -0.39 is 10.0 Å². The molecule has 2 saturated heterocycles. The molecule has 2 heterocycles. The summed E-state index contributed by atoms with van der Waals surface area (Å²) in [5.74, 6) is -0.218. The second-order valence-electron chi connectivity index (χ2n) is 5.78. The molecular weight excluding hydrogens is 266 g/mol. The third-order valence-corrected chi connectivity index (χ3v) is 6.44. The highest BCUT2D eigenvalue weighted by Crippen LogP contribution is 2.25. The predicted octanol–water partition coefficient (Wildman–Crippen LogP) is -0.394. The van der Waals surface area contributed by atoms with Gasteiger partial charge >= 0.3 is 0 Å². The molecule has 0 aromatic heterocycles. The molecule has 2 rings (SSSR count). The Balaban J connectivity index is 1.81. The maximum absolute atomic E-state index is 11.9. The van der Waals surface area contributed by atoms with Gasteiger partial charge in [0.25, 0.3) is 0 Å². The Kier molecular flexibility index (Phi) is 4.17. The first kappa shape index (κ1) is 14.7. The summed E-state index contributed by atoms with van der Waals surface area (Å²) >= 11 is 0. The van der Waals surface area contributed by atoms with Crippen LogP contribution in [0.3, 0.4) is 0 Å². The zero-order chi connectivity index (χ0) is 14.2. The van der Waals surface area contributed by atoms with Crippen LogP contribution in [0.15, 0.2) is 0 Å². The van der Waals surface area contributed by atoms with Gasteiger partial charge in [0.2, 0.25) is 15.9 Å². The number of likely N-dealkylation sites (tertiary alicyclic amines) is 1. The minimum absolute atomic E-state index is 0.00757. The van der Waals surface area contributed by atoms with E-state index >= 15 is 0 Å². The number of sulfonamides is 1. The first-order valence-electron chi connectivity index (χ1n) is 6.84. The average molecular weight is 289 g/mol. The minimum Gasteiger partial charge on any atom is -0.369 e. The van der Waals surface area contributed by atoms with Crippen LogP contribution < -0.4 is 5.73 Å². The van der Waals surface area contributed by atoms with E-state index in [1.165, 1.54) is 0 Å². The molecule has 0 aromatic carbocycles. The molecule has 110 valence electrons. The topological polar surface area (TPSA) is 83.7 Å². The van der Waals surface area contributed by atoms with E-state index in [1.54, 1.807) is 18.2 Å². The molecule has 0 unspecified atom stereocenters. The fourth-order valence-electron chi connectivity index (χ4n) is 2.70. The Bertz CT molecular complexity index is 435. The van der Waals surface area contributed by atoms with Gasteiger partial charge in [0, 0.05) is 25.0 Å². The van der Waals surface area contributed by atoms with Crippen molar-refractivity contribution in [1.82, 2.24) is 9.21 Å². The number of carbonyl (C=O) groups excluding carboxylic acids is 1. The molecule has 2 aliphatic heterocycles. The fourth-order valence-corrected chi connectivity index (χ4v) is 4.06. The van der Waals surface area contributed by atoms with Crippen molar-refractivity contribution < 1.29 is 13.2 Å². The Morgan fingerprint density at radius 3 is 2.16 bits per heavy atom. The molecule has 19 heavy (non-hydrogen) atoms. The van der Waals surface area contributed by atoms with Crippen LogP contribution in [0, 0.1) is 5.92 Å². The first-order chi connectivity index (χ1) is 8.82. The summed E-state index contributed by atoms with van der Waals surface area (Å²) in [5.41, 5.74) is 5.30. The maximum Gasteiger partial charge on any atom is 0.220 e. The molecule has 0 spiro atoms. The molecule has 0 atom stereocenters. The van der Waals surface area contributed by atoms with E-state index in [2.05, 4.69) is 4.90 Å². The quantitative estimate of drug-likeness (QED) is 0.764. The normalized spacial score (nSPS) is 24.6. The lowest BCUT2D eigenvalue weighted by Crippen LogP contribution is -2.63. The highest BCUT2D eigenvalue weighted by Gasteiger charge is 2.41. The SMILES string of the molecule is CC(C)S(=O)(=O)N1CC(N2CCC(C(N)=O)CC2)C1. The first-order valence-corrected chi connectivity index (χ1v) is 8.35. The largest absolute Gasteiger partial charge is 0.369 e. The minimum atomic E-state index is -3.10. The van der Waals surface area contributed by atoms with Crippen LogP contribution in [0.2, 0.25) is 0 Å². The Labute approximate surface area is 115 Å². The van der Waals surface area contributed by atoms with E-state index in [-0.39, 0.29) is 17.1 Å². The van der Waals surface area contributed by atoms with Crippen molar-refractivity contribution in [3.63, 3.8) is 0 Å². The van der Waals surface area contributed by atoms with E-state index in [0.29, 0.717) is 19.1 Å². The summed E-state index contributed by atoms with van der Waals surface area (Å²) in [7, 11) is -3.10. The fraction of sp³-hybridized carbons (Fsp3) is 0.917. The number of rotatable bonds is 4. The van der Waals surface area contributed by atoms with Crippen molar-refractivity contribution >= 4 is 15.9 Å². The van der Waals surface area contributed by atoms with E-state index in [1.807, 2.05) is 0 Å². The average Bonchev–Trinajstić information content (AvgIpc) is 2.27. The molecule has 2 aliphatic rings. The molecule has 0 radical (unpaired) electrons. The van der Waals surface area contributed by atoms with Crippen molar-refractivity contribution in [2.24, 2.45) is 11.7 Å². The van der Waals surface area contributed by atoms with Crippen molar-refractivity contribution in [1.29, 1.82) is 0 Å². The highest BCUT2D eigenvalue weighted by atomic mass is 32.2. The molecule has 0 aliphatic carbocycles. The van der Waals surface area contributed by atoms with Gasteiger partial charge in [-0.25, -0.2) is 8.42 Å². The molecule has 0 saturated carbocycles. The van der Waals surface area contributed by atoms with Crippen LogP contribution in [0.5, 0.6) is 0 Å². The maximum atomic E-state index is 11.9. The molecule has 7 heteroatoms. The van der Waals surface area contributed by atoms with E-state index in [9.17, 15) is 13.2 Å². The lowest BCUT2D eigenvalue weighted by atomic mass is 9.94. The van der Waals surface area contributed by atoms with Crippen molar-refractivity contribution in [2.75, 3.05) is 26.2 Å². The zero-order valence-electron chi connectivity index (χ0n) is 11.6. The van der Waals surface area contributed by atoms with Gasteiger partial charge in [0.1, 0.15) is 0 Å². The molecule has 0 aromatic rings. The van der Waals surface area contributed by atoms with Gasteiger partial charge in [-0.05, 0) is 39.8 Å². The molecule has 2 fully saturated rings. The zero-order valence-corrected chi connectivity index (χ0v) is 12.4. The van der Waals surface area contributed by atoms with Crippen LogP contribution in [0.1, 0.15) is 26.7 Å². The van der Waals surface area contributed by atoms with Crippen molar-refractivity contribution in [3.8, 4) is 0 Å². The molecule has 1 amide bonds. The monoisotopic (exact) mass is 289 g/mol. The number of nitrogens with zero attached hydrogens (tertiary/aromatic N) is 2. The third kappa shape index (κ3) is 2.93. The van der Waals surface area contributed by atoms with Crippen LogP contribution in [-0.4, -0.2) is 61.0 Å². The molecule has 2 N–H and O–H groups in total. The standard InChI is InChI=1S/C12H23N3O3S/c1-9(2)19(17,18)15-7-11(8-15)14-5-3-10(4-6-14)12(13)16/h9-11H,3-8H2,1-2H3,(H2,13,16). The lowest BCUT2D eigenvalue weighted by molar-refractivity contribution is -0.123. The summed E-state index contributed by atoms with van der Waals surface area (Å²) in [6, 6.07) is 0.308. The number of amides is 1. The van der Waals surface area contributed by atoms with E-state index in [0.717, 1.165) is 25.9 Å². The number of primary amides is 1. The number of carbonyl (C=O) groups is 1. The number of piperidine rings is 1. The molecular formula is C12H23N3O3S. The van der Waals surface area contributed by atoms with Gasteiger partial charge in [-0.15, -0.1) is 0 Å². The third-order valence-electron chi connectivity index (χ3n) is 4.23. The smallest absolute Gasteiger partial charge is 0.220 e. The second kappa shape index (κ2) is 5.38. The Morgan fingerprint density at radius 1 is 1.21 bits per heavy atom. The summed E-state index contributed by atoms with van der Waals surface area (Å²) in [5, 5.41) is -0.353.